The average molecular weight is 231 g/mol. The highest BCUT2D eigenvalue weighted by atomic mass is 16.5. The summed E-state index contributed by atoms with van der Waals surface area (Å²) in [4.78, 5) is 11.4. The molecule has 0 bridgehead atoms. The summed E-state index contributed by atoms with van der Waals surface area (Å²) in [6.07, 6.45) is 6.53. The Morgan fingerprint density at radius 1 is 1.12 bits per heavy atom. The maximum Gasteiger partial charge on any atom is 0.411 e. The lowest BCUT2D eigenvalue weighted by molar-refractivity contribution is 0.187. The minimum Gasteiger partial charge on any atom is -0.453 e. The van der Waals surface area contributed by atoms with E-state index in [1.807, 2.05) is 0 Å². The van der Waals surface area contributed by atoms with Crippen LogP contribution < -0.4 is 5.32 Å². The molecule has 0 fully saturated rings. The molecule has 1 aromatic carbocycles. The van der Waals surface area contributed by atoms with Gasteiger partial charge in [-0.3, -0.25) is 5.32 Å². The fraction of sp³-hybridized carbons (Fsp3) is 0.500. The summed E-state index contributed by atoms with van der Waals surface area (Å²) in [6.45, 7) is 0. The summed E-state index contributed by atoms with van der Waals surface area (Å²) < 4.78 is 4.72. The van der Waals surface area contributed by atoms with Crippen LogP contribution in [0.25, 0.3) is 0 Å². The Hall–Kier alpha value is -1.51. The molecule has 1 aromatic rings. The summed E-state index contributed by atoms with van der Waals surface area (Å²) in [5.41, 5.74) is 6.60. The molecule has 3 nitrogen and oxygen atoms in total. The number of ether oxygens (including phenoxy) is 1. The van der Waals surface area contributed by atoms with Crippen molar-refractivity contribution in [3.63, 3.8) is 0 Å². The van der Waals surface area contributed by atoms with Crippen LogP contribution in [0.1, 0.15) is 35.1 Å². The second-order valence-electron chi connectivity index (χ2n) is 4.85. The van der Waals surface area contributed by atoms with Gasteiger partial charge in [-0.2, -0.15) is 0 Å². The van der Waals surface area contributed by atoms with E-state index < -0.39 is 0 Å². The van der Waals surface area contributed by atoms with Crippen LogP contribution in [0, 0.1) is 0 Å². The second kappa shape index (κ2) is 4.06. The first-order valence-electron chi connectivity index (χ1n) is 6.31. The number of anilines is 1. The van der Waals surface area contributed by atoms with Crippen molar-refractivity contribution in [1.82, 2.24) is 0 Å². The van der Waals surface area contributed by atoms with E-state index in [2.05, 4.69) is 11.4 Å². The van der Waals surface area contributed by atoms with Crippen LogP contribution >= 0.6 is 0 Å². The van der Waals surface area contributed by atoms with Crippen LogP contribution in [0.2, 0.25) is 0 Å². The molecule has 0 saturated carbocycles. The minimum atomic E-state index is -0.348. The molecule has 0 aliphatic heterocycles. The first-order valence-corrected chi connectivity index (χ1v) is 6.31. The van der Waals surface area contributed by atoms with E-state index in [-0.39, 0.29) is 6.09 Å². The van der Waals surface area contributed by atoms with Crippen LogP contribution in [-0.4, -0.2) is 13.2 Å². The maximum absolute atomic E-state index is 11.4. The van der Waals surface area contributed by atoms with Gasteiger partial charge in [-0.05, 0) is 60.8 Å². The van der Waals surface area contributed by atoms with Crippen molar-refractivity contribution < 1.29 is 9.53 Å². The highest BCUT2D eigenvalue weighted by Gasteiger charge is 2.24. The zero-order chi connectivity index (χ0) is 11.8. The first-order chi connectivity index (χ1) is 8.29. The van der Waals surface area contributed by atoms with Crippen LogP contribution in [0.15, 0.2) is 6.07 Å². The highest BCUT2D eigenvalue weighted by Crippen LogP contribution is 2.38. The molecule has 0 spiro atoms. The number of hydrogen-bond acceptors (Lipinski definition) is 2. The number of aryl methyl sites for hydroxylation is 2. The van der Waals surface area contributed by atoms with Crippen molar-refractivity contribution in [3.8, 4) is 0 Å². The van der Waals surface area contributed by atoms with Crippen molar-refractivity contribution in [3.05, 3.63) is 28.3 Å². The van der Waals surface area contributed by atoms with Crippen molar-refractivity contribution in [2.75, 3.05) is 12.4 Å². The standard InChI is InChI=1S/C14H17NO2/c1-17-14(16)15-13-11-6-2-4-9(11)8-10-5-3-7-12(10)13/h8H,2-7H2,1H3,(H,15,16). The van der Waals surface area contributed by atoms with E-state index >= 15 is 0 Å². The van der Waals surface area contributed by atoms with E-state index in [4.69, 9.17) is 4.74 Å². The Labute approximate surface area is 101 Å². The van der Waals surface area contributed by atoms with Gasteiger partial charge in [0, 0.05) is 0 Å². The number of nitrogens with one attached hydrogen (secondary N) is 1. The third-order valence-electron chi connectivity index (χ3n) is 3.89. The van der Waals surface area contributed by atoms with Crippen LogP contribution in [-0.2, 0) is 30.4 Å². The quantitative estimate of drug-likeness (QED) is 0.807. The van der Waals surface area contributed by atoms with Crippen LogP contribution in [0.5, 0.6) is 0 Å². The van der Waals surface area contributed by atoms with Crippen molar-refractivity contribution >= 4 is 11.8 Å². The van der Waals surface area contributed by atoms with Crippen molar-refractivity contribution in [2.24, 2.45) is 0 Å². The molecule has 90 valence electrons. The van der Waals surface area contributed by atoms with Gasteiger partial charge < -0.3 is 4.74 Å². The molecule has 0 atom stereocenters. The molecule has 2 aliphatic carbocycles. The molecule has 2 aliphatic rings. The Bertz CT molecular complexity index is 447. The number of hydrogen-bond donors (Lipinski definition) is 1. The van der Waals surface area contributed by atoms with Gasteiger partial charge in [0.25, 0.3) is 0 Å². The number of fused-ring (bicyclic) bond motifs is 2. The predicted molar refractivity (Wildman–Crippen MR) is 66.5 cm³/mol. The highest BCUT2D eigenvalue weighted by molar-refractivity contribution is 5.88. The Balaban J connectivity index is 2.08. The fourth-order valence-electron chi connectivity index (χ4n) is 3.12. The SMILES string of the molecule is COC(=O)Nc1c2c(cc3c1CCC3)CCC2. The van der Waals surface area contributed by atoms with Gasteiger partial charge in [0.2, 0.25) is 0 Å². The van der Waals surface area contributed by atoms with E-state index in [1.54, 1.807) is 0 Å². The molecule has 0 saturated heterocycles. The van der Waals surface area contributed by atoms with Gasteiger partial charge in [-0.15, -0.1) is 0 Å². The summed E-state index contributed by atoms with van der Waals surface area (Å²) in [5, 5.41) is 2.93. The van der Waals surface area contributed by atoms with E-state index in [9.17, 15) is 4.79 Å². The Morgan fingerprint density at radius 3 is 2.24 bits per heavy atom. The topological polar surface area (TPSA) is 38.3 Å². The molecule has 1 amide bonds. The molecular formula is C14H17NO2. The zero-order valence-corrected chi connectivity index (χ0v) is 10.1. The van der Waals surface area contributed by atoms with Crippen LogP contribution in [0.3, 0.4) is 0 Å². The lowest BCUT2D eigenvalue weighted by atomic mass is 9.99. The van der Waals surface area contributed by atoms with Crippen molar-refractivity contribution in [1.29, 1.82) is 0 Å². The molecule has 3 heteroatoms. The Kier molecular flexibility index (Phi) is 2.54. The number of rotatable bonds is 1. The molecule has 0 heterocycles. The van der Waals surface area contributed by atoms with Gasteiger partial charge in [0.05, 0.1) is 12.8 Å². The van der Waals surface area contributed by atoms with E-state index in [0.717, 1.165) is 31.4 Å². The summed E-state index contributed by atoms with van der Waals surface area (Å²) in [5.74, 6) is 0. The molecule has 1 N–H and O–H groups in total. The smallest absolute Gasteiger partial charge is 0.411 e. The molecule has 17 heavy (non-hydrogen) atoms. The van der Waals surface area contributed by atoms with E-state index in [1.165, 1.54) is 42.2 Å². The number of amides is 1. The normalized spacial score (nSPS) is 16.5. The minimum absolute atomic E-state index is 0.348. The largest absolute Gasteiger partial charge is 0.453 e. The molecule has 0 aromatic heterocycles. The van der Waals surface area contributed by atoms with Gasteiger partial charge in [-0.1, -0.05) is 6.07 Å². The fourth-order valence-corrected chi connectivity index (χ4v) is 3.12. The van der Waals surface area contributed by atoms with E-state index in [0.29, 0.717) is 0 Å². The average Bonchev–Trinajstić information content (AvgIpc) is 2.96. The lowest BCUT2D eigenvalue weighted by Gasteiger charge is -2.15. The van der Waals surface area contributed by atoms with Gasteiger partial charge in [0.1, 0.15) is 0 Å². The molecular weight excluding hydrogens is 214 g/mol. The monoisotopic (exact) mass is 231 g/mol. The first kappa shape index (κ1) is 10.6. The summed E-state index contributed by atoms with van der Waals surface area (Å²) in [7, 11) is 1.42. The third-order valence-corrected chi connectivity index (χ3v) is 3.89. The number of carbonyl (C=O) groups excluding carboxylic acids is 1. The molecule has 0 radical (unpaired) electrons. The molecule has 0 unspecified atom stereocenters. The number of benzene rings is 1. The van der Waals surface area contributed by atoms with Gasteiger partial charge >= 0.3 is 6.09 Å². The zero-order valence-electron chi connectivity index (χ0n) is 10.1. The summed E-state index contributed by atoms with van der Waals surface area (Å²) in [6, 6.07) is 2.35. The van der Waals surface area contributed by atoms with Crippen LogP contribution in [0.4, 0.5) is 10.5 Å². The lowest BCUT2D eigenvalue weighted by Crippen LogP contribution is -2.14. The van der Waals surface area contributed by atoms with Gasteiger partial charge in [-0.25, -0.2) is 4.79 Å². The Morgan fingerprint density at radius 2 is 1.71 bits per heavy atom. The van der Waals surface area contributed by atoms with Crippen molar-refractivity contribution in [2.45, 2.75) is 38.5 Å². The molecule has 3 rings (SSSR count). The van der Waals surface area contributed by atoms with Gasteiger partial charge in [0.15, 0.2) is 0 Å². The number of methoxy groups -OCH3 is 1. The predicted octanol–water partition coefficient (Wildman–Crippen LogP) is 2.84. The third kappa shape index (κ3) is 1.70. The summed E-state index contributed by atoms with van der Waals surface area (Å²) >= 11 is 0. The second-order valence-corrected chi connectivity index (χ2v) is 4.85. The number of carbonyl (C=O) groups is 1. The maximum atomic E-state index is 11.4.